The van der Waals surface area contributed by atoms with Crippen LogP contribution in [0.15, 0.2) is 36.4 Å². The quantitative estimate of drug-likeness (QED) is 0.894. The van der Waals surface area contributed by atoms with Crippen LogP contribution in [0, 0.1) is 19.7 Å². The maximum absolute atomic E-state index is 13.3. The smallest absolute Gasteiger partial charge is 0.132 e. The molecule has 100 valence electrons. The van der Waals surface area contributed by atoms with E-state index in [2.05, 4.69) is 0 Å². The zero-order valence-electron chi connectivity index (χ0n) is 11.4. The fourth-order valence-electron chi connectivity index (χ4n) is 1.90. The lowest BCUT2D eigenvalue weighted by atomic mass is 10.1. The maximum atomic E-state index is 13.3. The van der Waals surface area contributed by atoms with E-state index in [9.17, 15) is 4.39 Å². The van der Waals surface area contributed by atoms with Crippen LogP contribution >= 0.6 is 0 Å². The largest absolute Gasteiger partial charge is 0.457 e. The molecule has 2 N–H and O–H groups in total. The summed E-state index contributed by atoms with van der Waals surface area (Å²) in [5.74, 6) is 1.07. The SMILES string of the molecule is Cc1ccc(C)c(Oc2ccc(F)cc2[C@@H](C)N)c1. The Bertz CT molecular complexity index is 593. The van der Waals surface area contributed by atoms with Gasteiger partial charge in [0.05, 0.1) is 0 Å². The van der Waals surface area contributed by atoms with Crippen molar-refractivity contribution in [2.45, 2.75) is 26.8 Å². The molecule has 0 amide bonds. The molecule has 19 heavy (non-hydrogen) atoms. The molecule has 0 aromatic heterocycles. The van der Waals surface area contributed by atoms with Gasteiger partial charge < -0.3 is 10.5 Å². The van der Waals surface area contributed by atoms with Gasteiger partial charge in [0.15, 0.2) is 0 Å². The lowest BCUT2D eigenvalue weighted by Crippen LogP contribution is -2.07. The Morgan fingerprint density at radius 2 is 1.79 bits per heavy atom. The van der Waals surface area contributed by atoms with Crippen LogP contribution in [0.25, 0.3) is 0 Å². The molecular formula is C16H18FNO. The van der Waals surface area contributed by atoms with Crippen LogP contribution in [-0.2, 0) is 0 Å². The standard InChI is InChI=1S/C16H18FNO/c1-10-4-5-11(2)16(8-10)19-15-7-6-13(17)9-14(15)12(3)18/h4-9,12H,18H2,1-3H3/t12-/m1/s1. The average Bonchev–Trinajstić information content (AvgIpc) is 2.35. The van der Waals surface area contributed by atoms with E-state index < -0.39 is 0 Å². The van der Waals surface area contributed by atoms with Crippen molar-refractivity contribution < 1.29 is 9.13 Å². The first kappa shape index (κ1) is 13.6. The molecule has 0 saturated heterocycles. The second-order valence-electron chi connectivity index (χ2n) is 4.84. The zero-order valence-corrected chi connectivity index (χ0v) is 11.4. The molecule has 0 bridgehead atoms. The van der Waals surface area contributed by atoms with Gasteiger partial charge in [0.2, 0.25) is 0 Å². The summed E-state index contributed by atoms with van der Waals surface area (Å²) in [5.41, 5.74) is 8.67. The minimum atomic E-state index is -0.305. The monoisotopic (exact) mass is 259 g/mol. The van der Waals surface area contributed by atoms with Gasteiger partial charge in [-0.05, 0) is 56.2 Å². The van der Waals surface area contributed by atoms with E-state index in [1.165, 1.54) is 12.1 Å². The maximum Gasteiger partial charge on any atom is 0.132 e. The van der Waals surface area contributed by atoms with Crippen LogP contribution in [0.2, 0.25) is 0 Å². The Hall–Kier alpha value is -1.87. The van der Waals surface area contributed by atoms with Crippen molar-refractivity contribution in [2.24, 2.45) is 5.73 Å². The van der Waals surface area contributed by atoms with Crippen LogP contribution < -0.4 is 10.5 Å². The molecule has 0 fully saturated rings. The van der Waals surface area contributed by atoms with Crippen LogP contribution in [0.5, 0.6) is 11.5 Å². The number of halogens is 1. The lowest BCUT2D eigenvalue weighted by Gasteiger charge is -2.15. The predicted molar refractivity (Wildman–Crippen MR) is 75.0 cm³/mol. The number of benzene rings is 2. The zero-order chi connectivity index (χ0) is 14.0. The van der Waals surface area contributed by atoms with Crippen molar-refractivity contribution >= 4 is 0 Å². The van der Waals surface area contributed by atoms with E-state index in [1.807, 2.05) is 39.0 Å². The molecule has 3 heteroatoms. The number of aryl methyl sites for hydroxylation is 2. The van der Waals surface area contributed by atoms with Gasteiger partial charge in [0.1, 0.15) is 17.3 Å². The molecule has 0 aliphatic carbocycles. The Morgan fingerprint density at radius 3 is 2.47 bits per heavy atom. The van der Waals surface area contributed by atoms with Crippen LogP contribution in [0.4, 0.5) is 4.39 Å². The van der Waals surface area contributed by atoms with Gasteiger partial charge in [-0.3, -0.25) is 0 Å². The summed E-state index contributed by atoms with van der Waals surface area (Å²) in [6.07, 6.45) is 0. The molecule has 0 heterocycles. The summed E-state index contributed by atoms with van der Waals surface area (Å²) in [5, 5.41) is 0. The number of hydrogen-bond donors (Lipinski definition) is 1. The molecule has 0 aliphatic heterocycles. The van der Waals surface area contributed by atoms with Gasteiger partial charge in [-0.2, -0.15) is 0 Å². The van der Waals surface area contributed by atoms with Crippen molar-refractivity contribution in [3.63, 3.8) is 0 Å². The molecule has 2 rings (SSSR count). The third-order valence-corrected chi connectivity index (χ3v) is 3.03. The highest BCUT2D eigenvalue weighted by Crippen LogP contribution is 2.31. The number of hydrogen-bond acceptors (Lipinski definition) is 2. The minimum absolute atomic E-state index is 0.282. The van der Waals surface area contributed by atoms with Gasteiger partial charge in [-0.25, -0.2) is 4.39 Å². The molecule has 0 radical (unpaired) electrons. The second kappa shape index (κ2) is 5.41. The summed E-state index contributed by atoms with van der Waals surface area (Å²) in [4.78, 5) is 0. The van der Waals surface area contributed by atoms with E-state index in [4.69, 9.17) is 10.5 Å². The van der Waals surface area contributed by atoms with E-state index in [1.54, 1.807) is 6.07 Å². The summed E-state index contributed by atoms with van der Waals surface area (Å²) in [6.45, 7) is 5.79. The van der Waals surface area contributed by atoms with Crippen molar-refractivity contribution in [3.8, 4) is 11.5 Å². The molecule has 0 saturated carbocycles. The summed E-state index contributed by atoms with van der Waals surface area (Å²) >= 11 is 0. The molecule has 2 aromatic rings. The van der Waals surface area contributed by atoms with Gasteiger partial charge in [-0.1, -0.05) is 12.1 Å². The number of ether oxygens (including phenoxy) is 1. The van der Waals surface area contributed by atoms with Crippen molar-refractivity contribution in [1.29, 1.82) is 0 Å². The lowest BCUT2D eigenvalue weighted by molar-refractivity contribution is 0.465. The van der Waals surface area contributed by atoms with Crippen molar-refractivity contribution in [3.05, 3.63) is 58.9 Å². The predicted octanol–water partition coefficient (Wildman–Crippen LogP) is 4.25. The van der Waals surface area contributed by atoms with E-state index in [0.717, 1.165) is 16.9 Å². The Kier molecular flexibility index (Phi) is 3.86. The average molecular weight is 259 g/mol. The van der Waals surface area contributed by atoms with Gasteiger partial charge in [0, 0.05) is 11.6 Å². The summed E-state index contributed by atoms with van der Waals surface area (Å²) in [7, 11) is 0. The molecule has 0 aliphatic rings. The number of nitrogens with two attached hydrogens (primary N) is 1. The molecule has 2 nitrogen and oxygen atoms in total. The van der Waals surface area contributed by atoms with Crippen LogP contribution in [-0.4, -0.2) is 0 Å². The Labute approximate surface area is 113 Å². The Balaban J connectivity index is 2.40. The highest BCUT2D eigenvalue weighted by atomic mass is 19.1. The Morgan fingerprint density at radius 1 is 1.05 bits per heavy atom. The van der Waals surface area contributed by atoms with E-state index >= 15 is 0 Å². The van der Waals surface area contributed by atoms with Gasteiger partial charge in [-0.15, -0.1) is 0 Å². The second-order valence-corrected chi connectivity index (χ2v) is 4.84. The normalized spacial score (nSPS) is 12.3. The van der Waals surface area contributed by atoms with Crippen LogP contribution in [0.3, 0.4) is 0 Å². The highest BCUT2D eigenvalue weighted by molar-refractivity contribution is 5.43. The summed E-state index contributed by atoms with van der Waals surface area (Å²) < 4.78 is 19.2. The highest BCUT2D eigenvalue weighted by Gasteiger charge is 2.11. The van der Waals surface area contributed by atoms with Gasteiger partial charge >= 0.3 is 0 Å². The van der Waals surface area contributed by atoms with Crippen molar-refractivity contribution in [1.82, 2.24) is 0 Å². The molecule has 2 aromatic carbocycles. The fraction of sp³-hybridized carbons (Fsp3) is 0.250. The molecular weight excluding hydrogens is 241 g/mol. The fourth-order valence-corrected chi connectivity index (χ4v) is 1.90. The van der Waals surface area contributed by atoms with Crippen LogP contribution in [0.1, 0.15) is 29.7 Å². The third kappa shape index (κ3) is 3.12. The number of rotatable bonds is 3. The van der Waals surface area contributed by atoms with Gasteiger partial charge in [0.25, 0.3) is 0 Å². The third-order valence-electron chi connectivity index (χ3n) is 3.03. The minimum Gasteiger partial charge on any atom is -0.457 e. The van der Waals surface area contributed by atoms with E-state index in [0.29, 0.717) is 11.3 Å². The van der Waals surface area contributed by atoms with E-state index in [-0.39, 0.29) is 11.9 Å². The first-order valence-electron chi connectivity index (χ1n) is 6.27. The van der Waals surface area contributed by atoms with Crippen molar-refractivity contribution in [2.75, 3.05) is 0 Å². The first-order valence-corrected chi connectivity index (χ1v) is 6.27. The molecule has 0 unspecified atom stereocenters. The summed E-state index contributed by atoms with van der Waals surface area (Å²) in [6, 6.07) is 10.1. The topological polar surface area (TPSA) is 35.2 Å². The molecule has 0 spiro atoms. The first-order chi connectivity index (χ1) is 8.97. The molecule has 1 atom stereocenters.